The van der Waals surface area contributed by atoms with Crippen LogP contribution in [0.1, 0.15) is 15.9 Å². The fourth-order valence-corrected chi connectivity index (χ4v) is 1.11. The highest BCUT2D eigenvalue weighted by molar-refractivity contribution is 7.74. The van der Waals surface area contributed by atoms with Gasteiger partial charge in [-0.3, -0.25) is 13.5 Å². The summed E-state index contributed by atoms with van der Waals surface area (Å²) in [5.41, 5.74) is 1.21. The molecule has 1 aromatic rings. The molecule has 70 valence electrons. The average Bonchev–Trinajstić information content (AvgIpc) is 2.15. The van der Waals surface area contributed by atoms with Gasteiger partial charge >= 0.3 is 11.4 Å². The average molecular weight is 200 g/mol. The minimum atomic E-state index is -2.26. The van der Waals surface area contributed by atoms with E-state index in [4.69, 9.17) is 4.55 Å². The maximum absolute atomic E-state index is 10.3. The van der Waals surface area contributed by atoms with Gasteiger partial charge in [0.05, 0.1) is 6.61 Å². The van der Waals surface area contributed by atoms with Crippen molar-refractivity contribution in [2.75, 3.05) is 0 Å². The van der Waals surface area contributed by atoms with E-state index in [1.807, 2.05) is 0 Å². The fraction of sp³-hybridized carbons (Fsp3) is 0.125. The van der Waals surface area contributed by atoms with Crippen molar-refractivity contribution in [3.05, 3.63) is 35.4 Å². The Balaban J connectivity index is 2.66. The second-order valence-electron chi connectivity index (χ2n) is 2.34. The van der Waals surface area contributed by atoms with Crippen molar-refractivity contribution in [3.8, 4) is 0 Å². The lowest BCUT2D eigenvalue weighted by Crippen LogP contribution is -1.96. The Labute approximate surface area is 78.0 Å². The van der Waals surface area contributed by atoms with Crippen molar-refractivity contribution in [2.45, 2.75) is 6.61 Å². The van der Waals surface area contributed by atoms with Gasteiger partial charge in [0.25, 0.3) is 0 Å². The Morgan fingerprint density at radius 2 is 2.31 bits per heavy atom. The molecule has 1 unspecified atom stereocenters. The molecule has 0 amide bonds. The minimum absolute atomic E-state index is 0.0186. The smallest absolute Gasteiger partial charge is 0.298 e. The molecule has 1 atom stereocenters. The summed E-state index contributed by atoms with van der Waals surface area (Å²) < 4.78 is 22.9. The van der Waals surface area contributed by atoms with Crippen molar-refractivity contribution >= 4 is 17.6 Å². The maximum atomic E-state index is 10.3. The van der Waals surface area contributed by atoms with E-state index in [1.54, 1.807) is 24.3 Å². The molecule has 0 saturated heterocycles. The van der Waals surface area contributed by atoms with Gasteiger partial charge in [0.2, 0.25) is 0 Å². The molecule has 0 aliphatic heterocycles. The number of aldehydes is 1. The first kappa shape index (κ1) is 10.0. The topological polar surface area (TPSA) is 63.6 Å². The molecule has 13 heavy (non-hydrogen) atoms. The molecule has 0 radical (unpaired) electrons. The summed E-state index contributed by atoms with van der Waals surface area (Å²) >= 11 is -2.26. The Hall–Kier alpha value is -1.04. The SMILES string of the molecule is O=Cc1cccc(COS(=O)O)c1. The van der Waals surface area contributed by atoms with Gasteiger partial charge in [-0.15, -0.1) is 0 Å². The number of hydrogen-bond donors (Lipinski definition) is 1. The Morgan fingerprint density at radius 1 is 1.54 bits per heavy atom. The Morgan fingerprint density at radius 3 is 2.92 bits per heavy atom. The van der Waals surface area contributed by atoms with Crippen LogP contribution in [0.5, 0.6) is 0 Å². The lowest BCUT2D eigenvalue weighted by Gasteiger charge is -1.99. The molecule has 0 aromatic heterocycles. The van der Waals surface area contributed by atoms with Gasteiger partial charge in [0, 0.05) is 5.56 Å². The predicted octanol–water partition coefficient (Wildman–Crippen LogP) is 1.15. The first-order valence-electron chi connectivity index (χ1n) is 3.50. The van der Waals surface area contributed by atoms with Gasteiger partial charge in [-0.05, 0) is 11.6 Å². The molecule has 1 rings (SSSR count). The van der Waals surface area contributed by atoms with E-state index in [2.05, 4.69) is 4.18 Å². The van der Waals surface area contributed by atoms with Crippen molar-refractivity contribution in [1.29, 1.82) is 0 Å². The molecule has 0 aliphatic carbocycles. The third kappa shape index (κ3) is 3.45. The molecule has 1 aromatic carbocycles. The number of benzene rings is 1. The molecule has 0 heterocycles. The van der Waals surface area contributed by atoms with Crippen LogP contribution in [0.3, 0.4) is 0 Å². The summed E-state index contributed by atoms with van der Waals surface area (Å²) in [6.07, 6.45) is 0.708. The van der Waals surface area contributed by atoms with Crippen LogP contribution in [0.2, 0.25) is 0 Å². The predicted molar refractivity (Wildman–Crippen MR) is 47.4 cm³/mol. The molecular weight excluding hydrogens is 192 g/mol. The molecule has 0 fully saturated rings. The number of rotatable bonds is 4. The highest BCUT2D eigenvalue weighted by Crippen LogP contribution is 2.05. The summed E-state index contributed by atoms with van der Waals surface area (Å²) in [4.78, 5) is 10.3. The van der Waals surface area contributed by atoms with E-state index in [1.165, 1.54) is 0 Å². The normalized spacial score (nSPS) is 12.4. The number of hydrogen-bond acceptors (Lipinski definition) is 3. The molecule has 4 nitrogen and oxygen atoms in total. The monoisotopic (exact) mass is 200 g/mol. The van der Waals surface area contributed by atoms with E-state index >= 15 is 0 Å². The summed E-state index contributed by atoms with van der Waals surface area (Å²) in [5.74, 6) is 0. The maximum Gasteiger partial charge on any atom is 0.302 e. The van der Waals surface area contributed by atoms with Gasteiger partial charge < -0.3 is 0 Å². The summed E-state index contributed by atoms with van der Waals surface area (Å²) in [6, 6.07) is 6.63. The zero-order valence-electron chi connectivity index (χ0n) is 6.67. The van der Waals surface area contributed by atoms with Crippen LogP contribution in [0, 0.1) is 0 Å². The molecule has 0 saturated carbocycles. The third-order valence-electron chi connectivity index (χ3n) is 1.41. The zero-order chi connectivity index (χ0) is 9.68. The van der Waals surface area contributed by atoms with E-state index in [-0.39, 0.29) is 6.61 Å². The van der Waals surface area contributed by atoms with E-state index in [0.29, 0.717) is 17.4 Å². The molecule has 0 aliphatic rings. The number of carbonyl (C=O) groups is 1. The Kier molecular flexibility index (Phi) is 3.75. The summed E-state index contributed by atoms with van der Waals surface area (Å²) in [6.45, 7) is 0.0186. The van der Waals surface area contributed by atoms with Crippen molar-refractivity contribution in [3.63, 3.8) is 0 Å². The zero-order valence-corrected chi connectivity index (χ0v) is 7.49. The van der Waals surface area contributed by atoms with Crippen LogP contribution in [0.4, 0.5) is 0 Å². The second kappa shape index (κ2) is 4.86. The molecule has 0 spiro atoms. The van der Waals surface area contributed by atoms with Crippen LogP contribution in [0.15, 0.2) is 24.3 Å². The standard InChI is InChI=1S/C8H8O4S/c9-5-7-2-1-3-8(4-7)6-12-13(10)11/h1-5H,6H2,(H,10,11). The fourth-order valence-electron chi connectivity index (χ4n) is 0.875. The third-order valence-corrected chi connectivity index (χ3v) is 1.73. The molecule has 5 heteroatoms. The van der Waals surface area contributed by atoms with Crippen LogP contribution in [-0.2, 0) is 22.2 Å². The summed E-state index contributed by atoms with van der Waals surface area (Å²) in [5, 5.41) is 0. The van der Waals surface area contributed by atoms with Gasteiger partial charge in [0.1, 0.15) is 6.29 Å². The Bertz CT molecular complexity index is 324. The minimum Gasteiger partial charge on any atom is -0.298 e. The lowest BCUT2D eigenvalue weighted by molar-refractivity contribution is 0.112. The molecule has 1 N–H and O–H groups in total. The quantitative estimate of drug-likeness (QED) is 0.585. The molecule has 0 bridgehead atoms. The largest absolute Gasteiger partial charge is 0.302 e. The number of carbonyl (C=O) groups excluding carboxylic acids is 1. The highest BCUT2D eigenvalue weighted by Gasteiger charge is 1.97. The van der Waals surface area contributed by atoms with Crippen LogP contribution < -0.4 is 0 Å². The van der Waals surface area contributed by atoms with E-state index in [0.717, 1.165) is 0 Å². The highest BCUT2D eigenvalue weighted by atomic mass is 32.2. The van der Waals surface area contributed by atoms with E-state index < -0.39 is 11.4 Å². The van der Waals surface area contributed by atoms with Gasteiger partial charge in [-0.1, -0.05) is 18.2 Å². The first-order valence-corrected chi connectivity index (χ1v) is 4.54. The van der Waals surface area contributed by atoms with Crippen LogP contribution in [-0.4, -0.2) is 15.0 Å². The van der Waals surface area contributed by atoms with Crippen LogP contribution in [0.25, 0.3) is 0 Å². The van der Waals surface area contributed by atoms with Crippen molar-refractivity contribution < 1.29 is 17.7 Å². The van der Waals surface area contributed by atoms with Crippen molar-refractivity contribution in [2.24, 2.45) is 0 Å². The van der Waals surface area contributed by atoms with Crippen molar-refractivity contribution in [1.82, 2.24) is 0 Å². The summed E-state index contributed by atoms with van der Waals surface area (Å²) in [7, 11) is 0. The lowest BCUT2D eigenvalue weighted by atomic mass is 10.1. The molecular formula is C8H8O4S. The van der Waals surface area contributed by atoms with Crippen LogP contribution >= 0.6 is 0 Å². The second-order valence-corrected chi connectivity index (χ2v) is 3.01. The van der Waals surface area contributed by atoms with E-state index in [9.17, 15) is 9.00 Å². The van der Waals surface area contributed by atoms with Gasteiger partial charge in [0.15, 0.2) is 0 Å². The van der Waals surface area contributed by atoms with Gasteiger partial charge in [-0.25, -0.2) is 0 Å². The van der Waals surface area contributed by atoms with Gasteiger partial charge in [-0.2, -0.15) is 4.21 Å². The first-order chi connectivity index (χ1) is 6.22.